The molecule has 6 aromatic rings. The summed E-state index contributed by atoms with van der Waals surface area (Å²) < 4.78 is 6.16. The zero-order valence-corrected chi connectivity index (χ0v) is 16.3. The van der Waals surface area contributed by atoms with Crippen LogP contribution in [0.3, 0.4) is 0 Å². The normalized spacial score (nSPS) is 11.3. The second kappa shape index (κ2) is 6.78. The van der Waals surface area contributed by atoms with E-state index in [9.17, 15) is 0 Å². The fourth-order valence-corrected chi connectivity index (χ4v) is 4.15. The summed E-state index contributed by atoms with van der Waals surface area (Å²) in [5.41, 5.74) is 6.19. The SMILES string of the molecule is c1cc(Nc2cccc3c2oc2ccccc23)cc(-c2ccc3ccccc3c2)c1. The zero-order chi connectivity index (χ0) is 19.9. The van der Waals surface area contributed by atoms with Gasteiger partial charge >= 0.3 is 0 Å². The second-order valence-corrected chi connectivity index (χ2v) is 7.55. The van der Waals surface area contributed by atoms with Crippen molar-refractivity contribution in [2.24, 2.45) is 0 Å². The van der Waals surface area contributed by atoms with Crippen molar-refractivity contribution in [3.05, 3.63) is 109 Å². The molecule has 6 rings (SSSR count). The number of furan rings is 1. The lowest BCUT2D eigenvalue weighted by Gasteiger charge is -2.10. The maximum Gasteiger partial charge on any atom is 0.158 e. The number of fused-ring (bicyclic) bond motifs is 4. The molecule has 1 aromatic heterocycles. The second-order valence-electron chi connectivity index (χ2n) is 7.55. The van der Waals surface area contributed by atoms with E-state index in [0.717, 1.165) is 33.3 Å². The van der Waals surface area contributed by atoms with Gasteiger partial charge in [-0.05, 0) is 52.2 Å². The van der Waals surface area contributed by atoms with E-state index in [-0.39, 0.29) is 0 Å². The molecular formula is C28H19NO. The van der Waals surface area contributed by atoms with Crippen molar-refractivity contribution in [3.63, 3.8) is 0 Å². The summed E-state index contributed by atoms with van der Waals surface area (Å²) in [7, 11) is 0. The minimum Gasteiger partial charge on any atom is -0.454 e. The zero-order valence-electron chi connectivity index (χ0n) is 16.3. The molecule has 0 saturated heterocycles. The van der Waals surface area contributed by atoms with Gasteiger partial charge in [0, 0.05) is 16.5 Å². The van der Waals surface area contributed by atoms with E-state index in [1.807, 2.05) is 18.2 Å². The summed E-state index contributed by atoms with van der Waals surface area (Å²) in [6, 6.07) is 38.0. The molecule has 0 fully saturated rings. The van der Waals surface area contributed by atoms with Gasteiger partial charge in [-0.25, -0.2) is 0 Å². The van der Waals surface area contributed by atoms with Crippen LogP contribution >= 0.6 is 0 Å². The third-order valence-electron chi connectivity index (χ3n) is 5.63. The van der Waals surface area contributed by atoms with Gasteiger partial charge < -0.3 is 9.73 Å². The van der Waals surface area contributed by atoms with E-state index in [4.69, 9.17) is 4.42 Å². The van der Waals surface area contributed by atoms with E-state index in [1.54, 1.807) is 0 Å². The molecule has 0 amide bonds. The van der Waals surface area contributed by atoms with Gasteiger partial charge in [0.05, 0.1) is 5.69 Å². The minimum atomic E-state index is 0.884. The van der Waals surface area contributed by atoms with Crippen molar-refractivity contribution in [1.29, 1.82) is 0 Å². The molecule has 142 valence electrons. The fourth-order valence-electron chi connectivity index (χ4n) is 4.15. The van der Waals surface area contributed by atoms with Gasteiger partial charge in [-0.2, -0.15) is 0 Å². The minimum absolute atomic E-state index is 0.884. The van der Waals surface area contributed by atoms with E-state index in [0.29, 0.717) is 0 Å². The standard InChI is InChI=1S/C28H19NO/c1-2-8-20-17-22(16-15-19(20)7-1)21-9-5-10-23(18-21)29-26-13-6-12-25-24-11-3-4-14-27(24)30-28(25)26/h1-18,29H. The van der Waals surface area contributed by atoms with Crippen LogP contribution in [0.4, 0.5) is 11.4 Å². The molecule has 0 bridgehead atoms. The van der Waals surface area contributed by atoms with Crippen molar-refractivity contribution < 1.29 is 4.42 Å². The van der Waals surface area contributed by atoms with Gasteiger partial charge in [0.1, 0.15) is 5.58 Å². The van der Waals surface area contributed by atoms with E-state index in [1.165, 1.54) is 21.9 Å². The number of hydrogen-bond donors (Lipinski definition) is 1. The summed E-state index contributed by atoms with van der Waals surface area (Å²) in [5.74, 6) is 0. The molecule has 0 radical (unpaired) electrons. The van der Waals surface area contributed by atoms with E-state index >= 15 is 0 Å². The van der Waals surface area contributed by atoms with Crippen LogP contribution in [0.15, 0.2) is 114 Å². The lowest BCUT2D eigenvalue weighted by molar-refractivity contribution is 0.670. The molecule has 1 heterocycles. The lowest BCUT2D eigenvalue weighted by atomic mass is 10.0. The van der Waals surface area contributed by atoms with Gasteiger partial charge in [-0.1, -0.05) is 78.9 Å². The average Bonchev–Trinajstić information content (AvgIpc) is 3.19. The maximum absolute atomic E-state index is 6.16. The van der Waals surface area contributed by atoms with Crippen molar-refractivity contribution in [2.75, 3.05) is 5.32 Å². The van der Waals surface area contributed by atoms with Crippen LogP contribution < -0.4 is 5.32 Å². The number of anilines is 2. The largest absolute Gasteiger partial charge is 0.454 e. The van der Waals surface area contributed by atoms with Crippen LogP contribution in [0.5, 0.6) is 0 Å². The summed E-state index contributed by atoms with van der Waals surface area (Å²) in [6.07, 6.45) is 0. The quantitative estimate of drug-likeness (QED) is 0.332. The number of benzene rings is 5. The van der Waals surface area contributed by atoms with Gasteiger partial charge in [0.2, 0.25) is 0 Å². The van der Waals surface area contributed by atoms with Crippen molar-refractivity contribution in [3.8, 4) is 11.1 Å². The summed E-state index contributed by atoms with van der Waals surface area (Å²) in [5, 5.41) is 8.33. The molecule has 1 N–H and O–H groups in total. The lowest BCUT2D eigenvalue weighted by Crippen LogP contribution is -1.91. The predicted octanol–water partition coefficient (Wildman–Crippen LogP) is 8.15. The first-order chi connectivity index (χ1) is 14.8. The molecule has 5 aromatic carbocycles. The molecule has 0 saturated carbocycles. The first kappa shape index (κ1) is 16.9. The van der Waals surface area contributed by atoms with Crippen LogP contribution in [0.25, 0.3) is 43.8 Å². The van der Waals surface area contributed by atoms with Gasteiger partial charge in [-0.15, -0.1) is 0 Å². The molecule has 30 heavy (non-hydrogen) atoms. The Bertz CT molecular complexity index is 1530. The fraction of sp³-hybridized carbons (Fsp3) is 0. The maximum atomic E-state index is 6.16. The Morgan fingerprint density at radius 2 is 1.30 bits per heavy atom. The van der Waals surface area contributed by atoms with Crippen molar-refractivity contribution >= 4 is 44.1 Å². The Labute approximate surface area is 174 Å². The van der Waals surface area contributed by atoms with Crippen LogP contribution in [0.2, 0.25) is 0 Å². The topological polar surface area (TPSA) is 25.2 Å². The molecule has 0 aliphatic carbocycles. The average molecular weight is 385 g/mol. The number of hydrogen-bond acceptors (Lipinski definition) is 2. The molecule has 0 aliphatic rings. The van der Waals surface area contributed by atoms with Crippen molar-refractivity contribution in [1.82, 2.24) is 0 Å². The number of rotatable bonds is 3. The molecule has 0 aliphatic heterocycles. The summed E-state index contributed by atoms with van der Waals surface area (Å²) in [6.45, 7) is 0. The smallest absolute Gasteiger partial charge is 0.158 e. The molecule has 0 spiro atoms. The molecule has 2 nitrogen and oxygen atoms in total. The van der Waals surface area contributed by atoms with Gasteiger partial charge in [0.25, 0.3) is 0 Å². The first-order valence-corrected chi connectivity index (χ1v) is 10.1. The Hall–Kier alpha value is -4.04. The highest BCUT2D eigenvalue weighted by atomic mass is 16.3. The molecule has 0 atom stereocenters. The predicted molar refractivity (Wildman–Crippen MR) is 126 cm³/mol. The summed E-state index contributed by atoms with van der Waals surface area (Å²) >= 11 is 0. The molecule has 0 unspecified atom stereocenters. The number of para-hydroxylation sites is 2. The van der Waals surface area contributed by atoms with Gasteiger partial charge in [0.15, 0.2) is 5.58 Å². The summed E-state index contributed by atoms with van der Waals surface area (Å²) in [4.78, 5) is 0. The van der Waals surface area contributed by atoms with Gasteiger partial charge in [-0.3, -0.25) is 0 Å². The van der Waals surface area contributed by atoms with E-state index < -0.39 is 0 Å². The van der Waals surface area contributed by atoms with E-state index in [2.05, 4.69) is 96.3 Å². The molecular weight excluding hydrogens is 366 g/mol. The van der Waals surface area contributed by atoms with Crippen LogP contribution in [-0.4, -0.2) is 0 Å². The molecule has 2 heteroatoms. The Morgan fingerprint density at radius 1 is 0.533 bits per heavy atom. The van der Waals surface area contributed by atoms with Crippen molar-refractivity contribution in [2.45, 2.75) is 0 Å². The highest BCUT2D eigenvalue weighted by molar-refractivity contribution is 6.09. The monoisotopic (exact) mass is 385 g/mol. The Kier molecular flexibility index (Phi) is 3.82. The Morgan fingerprint density at radius 3 is 2.27 bits per heavy atom. The highest BCUT2D eigenvalue weighted by Gasteiger charge is 2.10. The first-order valence-electron chi connectivity index (χ1n) is 10.1. The third kappa shape index (κ3) is 2.82. The third-order valence-corrected chi connectivity index (χ3v) is 5.63. The van der Waals surface area contributed by atoms with Crippen LogP contribution in [-0.2, 0) is 0 Å². The van der Waals surface area contributed by atoms with Crippen LogP contribution in [0.1, 0.15) is 0 Å². The van der Waals surface area contributed by atoms with Crippen LogP contribution in [0, 0.1) is 0 Å². The highest BCUT2D eigenvalue weighted by Crippen LogP contribution is 2.35. The number of nitrogens with one attached hydrogen (secondary N) is 1. The Balaban J connectivity index is 1.41.